The zero-order valence-electron chi connectivity index (χ0n) is 8.58. The van der Waals surface area contributed by atoms with Crippen molar-refractivity contribution in [2.75, 3.05) is 0 Å². The van der Waals surface area contributed by atoms with E-state index in [-0.39, 0.29) is 0 Å². The summed E-state index contributed by atoms with van der Waals surface area (Å²) in [5.41, 5.74) is 0.341. The fourth-order valence-corrected chi connectivity index (χ4v) is 1.23. The van der Waals surface area contributed by atoms with Gasteiger partial charge in [-0.3, -0.25) is 4.99 Å². The van der Waals surface area contributed by atoms with Crippen molar-refractivity contribution in [1.82, 2.24) is 0 Å². The maximum Gasteiger partial charge on any atom is 0.160 e. The Morgan fingerprint density at radius 3 is 2.56 bits per heavy atom. The number of rotatable bonds is 2. The highest BCUT2D eigenvalue weighted by molar-refractivity contribution is 5.78. The Bertz CT molecular complexity index is 532. The minimum atomic E-state index is -0.912. The van der Waals surface area contributed by atoms with Crippen LogP contribution in [0.15, 0.2) is 39.7 Å². The van der Waals surface area contributed by atoms with Gasteiger partial charge in [0.1, 0.15) is 11.5 Å². The first-order chi connectivity index (χ1) is 7.65. The van der Waals surface area contributed by atoms with E-state index >= 15 is 0 Å². The van der Waals surface area contributed by atoms with Crippen molar-refractivity contribution in [2.24, 2.45) is 4.99 Å². The lowest BCUT2D eigenvalue weighted by atomic mass is 10.3. The third-order valence-corrected chi connectivity index (χ3v) is 2.01. The molecule has 2 rings (SSSR count). The topological polar surface area (TPSA) is 25.5 Å². The normalized spacial score (nSPS) is 11.2. The first-order valence-corrected chi connectivity index (χ1v) is 4.71. The van der Waals surface area contributed by atoms with E-state index in [1.54, 1.807) is 12.1 Å². The molecule has 0 aliphatic rings. The van der Waals surface area contributed by atoms with Gasteiger partial charge in [0.15, 0.2) is 11.6 Å². The number of benzene rings is 1. The molecule has 1 heterocycles. The molecular formula is C12H9F2NO. The van der Waals surface area contributed by atoms with Crippen LogP contribution in [0.5, 0.6) is 0 Å². The molecule has 2 aromatic rings. The van der Waals surface area contributed by atoms with Crippen molar-refractivity contribution in [3.05, 3.63) is 53.5 Å². The number of halogens is 2. The summed E-state index contributed by atoms with van der Waals surface area (Å²) in [4.78, 5) is 3.97. The fraction of sp³-hybridized carbons (Fsp3) is 0.0833. The molecule has 16 heavy (non-hydrogen) atoms. The number of nitrogens with zero attached hydrogens (tertiary/aromatic N) is 1. The van der Waals surface area contributed by atoms with Crippen LogP contribution >= 0.6 is 0 Å². The number of furan rings is 1. The number of hydrogen-bond acceptors (Lipinski definition) is 2. The lowest BCUT2D eigenvalue weighted by molar-refractivity contribution is 0.509. The van der Waals surface area contributed by atoms with Crippen molar-refractivity contribution in [3.8, 4) is 0 Å². The molecule has 0 amide bonds. The van der Waals surface area contributed by atoms with E-state index in [1.807, 2.05) is 6.92 Å². The second kappa shape index (κ2) is 4.26. The molecule has 0 fully saturated rings. The maximum atomic E-state index is 12.8. The molecule has 0 N–H and O–H groups in total. The molecule has 0 aliphatic carbocycles. The van der Waals surface area contributed by atoms with Crippen LogP contribution < -0.4 is 0 Å². The summed E-state index contributed by atoms with van der Waals surface area (Å²) >= 11 is 0. The van der Waals surface area contributed by atoms with Crippen LogP contribution in [0.25, 0.3) is 0 Å². The highest BCUT2D eigenvalue weighted by Crippen LogP contribution is 2.16. The highest BCUT2D eigenvalue weighted by atomic mass is 19.2. The summed E-state index contributed by atoms with van der Waals surface area (Å²) in [5.74, 6) is -0.452. The van der Waals surface area contributed by atoms with Gasteiger partial charge in [0.05, 0.1) is 11.9 Å². The van der Waals surface area contributed by atoms with Gasteiger partial charge >= 0.3 is 0 Å². The van der Waals surface area contributed by atoms with E-state index in [9.17, 15) is 8.78 Å². The van der Waals surface area contributed by atoms with Crippen LogP contribution in [-0.4, -0.2) is 6.21 Å². The van der Waals surface area contributed by atoms with Gasteiger partial charge in [-0.15, -0.1) is 0 Å². The predicted molar refractivity (Wildman–Crippen MR) is 57.1 cm³/mol. The summed E-state index contributed by atoms with van der Waals surface area (Å²) in [5, 5.41) is 0. The average Bonchev–Trinajstić information content (AvgIpc) is 2.66. The first kappa shape index (κ1) is 10.5. The Kier molecular flexibility index (Phi) is 2.81. The Morgan fingerprint density at radius 1 is 1.12 bits per heavy atom. The van der Waals surface area contributed by atoms with E-state index in [4.69, 9.17) is 4.42 Å². The van der Waals surface area contributed by atoms with E-state index in [0.717, 1.165) is 17.9 Å². The second-order valence-corrected chi connectivity index (χ2v) is 3.31. The van der Waals surface area contributed by atoms with Gasteiger partial charge in [-0.05, 0) is 31.2 Å². The van der Waals surface area contributed by atoms with Crippen molar-refractivity contribution < 1.29 is 13.2 Å². The molecule has 0 unspecified atom stereocenters. The van der Waals surface area contributed by atoms with Gasteiger partial charge in [-0.2, -0.15) is 0 Å². The quantitative estimate of drug-likeness (QED) is 0.711. The molecule has 0 saturated carbocycles. The van der Waals surface area contributed by atoms with Gasteiger partial charge in [0, 0.05) is 6.07 Å². The Labute approximate surface area is 91.2 Å². The molecule has 0 radical (unpaired) electrons. The Morgan fingerprint density at radius 2 is 1.94 bits per heavy atom. The standard InChI is InChI=1S/C12H9F2NO/c1-8-2-4-10(16-8)7-15-9-3-5-11(13)12(14)6-9/h2-7H,1H3. The summed E-state index contributed by atoms with van der Waals surface area (Å²) in [6.07, 6.45) is 1.46. The van der Waals surface area contributed by atoms with Gasteiger partial charge in [-0.1, -0.05) is 0 Å². The minimum Gasteiger partial charge on any atom is -0.460 e. The van der Waals surface area contributed by atoms with Crippen LogP contribution in [-0.2, 0) is 0 Å². The minimum absolute atomic E-state index is 0.341. The number of hydrogen-bond donors (Lipinski definition) is 0. The van der Waals surface area contributed by atoms with Crippen LogP contribution in [0.2, 0.25) is 0 Å². The van der Waals surface area contributed by atoms with Gasteiger partial charge in [0.25, 0.3) is 0 Å². The van der Waals surface area contributed by atoms with Crippen molar-refractivity contribution in [3.63, 3.8) is 0 Å². The molecule has 1 aromatic heterocycles. The Hall–Kier alpha value is -1.97. The molecule has 0 aliphatic heterocycles. The van der Waals surface area contributed by atoms with Gasteiger partial charge in [0.2, 0.25) is 0 Å². The lowest BCUT2D eigenvalue weighted by Crippen LogP contribution is -1.81. The van der Waals surface area contributed by atoms with E-state index < -0.39 is 11.6 Å². The summed E-state index contributed by atoms with van der Waals surface area (Å²) < 4.78 is 30.7. The summed E-state index contributed by atoms with van der Waals surface area (Å²) in [6, 6.07) is 7.01. The van der Waals surface area contributed by atoms with Crippen LogP contribution in [0.3, 0.4) is 0 Å². The maximum absolute atomic E-state index is 12.8. The van der Waals surface area contributed by atoms with Crippen molar-refractivity contribution in [1.29, 1.82) is 0 Å². The van der Waals surface area contributed by atoms with E-state index in [0.29, 0.717) is 11.4 Å². The lowest BCUT2D eigenvalue weighted by Gasteiger charge is -1.94. The summed E-state index contributed by atoms with van der Waals surface area (Å²) in [7, 11) is 0. The SMILES string of the molecule is Cc1ccc(C=Nc2ccc(F)c(F)c2)o1. The second-order valence-electron chi connectivity index (χ2n) is 3.31. The fourth-order valence-electron chi connectivity index (χ4n) is 1.23. The predicted octanol–water partition coefficient (Wildman–Crippen LogP) is 3.62. The zero-order valence-corrected chi connectivity index (χ0v) is 8.58. The molecule has 1 aromatic carbocycles. The monoisotopic (exact) mass is 221 g/mol. The van der Waals surface area contributed by atoms with Crippen LogP contribution in [0.4, 0.5) is 14.5 Å². The molecule has 0 bridgehead atoms. The van der Waals surface area contributed by atoms with Gasteiger partial charge in [-0.25, -0.2) is 8.78 Å². The number of aryl methyl sites for hydroxylation is 1. The number of aliphatic imine (C=N–C) groups is 1. The van der Waals surface area contributed by atoms with E-state index in [2.05, 4.69) is 4.99 Å². The van der Waals surface area contributed by atoms with Crippen LogP contribution in [0.1, 0.15) is 11.5 Å². The Balaban J connectivity index is 2.20. The molecule has 0 saturated heterocycles. The smallest absolute Gasteiger partial charge is 0.160 e. The molecule has 2 nitrogen and oxygen atoms in total. The third kappa shape index (κ3) is 2.34. The van der Waals surface area contributed by atoms with Crippen molar-refractivity contribution in [2.45, 2.75) is 6.92 Å². The summed E-state index contributed by atoms with van der Waals surface area (Å²) in [6.45, 7) is 1.81. The molecule has 0 atom stereocenters. The molecule has 0 spiro atoms. The van der Waals surface area contributed by atoms with Crippen molar-refractivity contribution >= 4 is 11.9 Å². The largest absolute Gasteiger partial charge is 0.460 e. The molecular weight excluding hydrogens is 212 g/mol. The van der Waals surface area contributed by atoms with E-state index in [1.165, 1.54) is 12.3 Å². The zero-order chi connectivity index (χ0) is 11.5. The highest BCUT2D eigenvalue weighted by Gasteiger charge is 2.01. The first-order valence-electron chi connectivity index (χ1n) is 4.71. The van der Waals surface area contributed by atoms with Crippen LogP contribution in [0, 0.1) is 18.6 Å². The third-order valence-electron chi connectivity index (χ3n) is 2.01. The van der Waals surface area contributed by atoms with Gasteiger partial charge < -0.3 is 4.42 Å². The molecule has 82 valence electrons. The molecule has 4 heteroatoms. The average molecular weight is 221 g/mol.